The van der Waals surface area contributed by atoms with Crippen LogP contribution >= 0.6 is 0 Å². The van der Waals surface area contributed by atoms with E-state index in [-0.39, 0.29) is 18.9 Å². The Morgan fingerprint density at radius 3 is 1.18 bits per heavy atom. The van der Waals surface area contributed by atoms with Crippen LogP contribution in [0.2, 0.25) is 0 Å². The Morgan fingerprint density at radius 2 is 0.758 bits per heavy atom. The van der Waals surface area contributed by atoms with Crippen LogP contribution in [0.25, 0.3) is 0 Å². The molecule has 3 saturated heterocycles. The van der Waals surface area contributed by atoms with Crippen LogP contribution in [0.5, 0.6) is 0 Å². The number of hydrogen-bond acceptors (Lipinski definition) is 18. The SMILES string of the molecule is CC/C=C\C/C=C\C/C=C\C/C=C\C/C=C\C/C=C\C/C=C\C/C=C\C/C=C\C/C=C\C/C=C\CCCCCC(=O)NC(COC1OC(CO)C(OC2OC(CO)C(OC3OC(CO)C(O)C(O)C3O)C(O)C2O)C(O)C1O)C(O)CCCCCCCCCCC. The van der Waals surface area contributed by atoms with Crippen molar-refractivity contribution in [2.75, 3.05) is 26.4 Å². The zero-order chi connectivity index (χ0) is 66.1. The van der Waals surface area contributed by atoms with Crippen molar-refractivity contribution in [2.24, 2.45) is 0 Å². The Hall–Kier alpha value is -4.07. The fraction of sp³-hybridized carbons (Fsp3) is 0.681. The van der Waals surface area contributed by atoms with Gasteiger partial charge in [0, 0.05) is 6.42 Å². The van der Waals surface area contributed by atoms with Gasteiger partial charge in [-0.05, 0) is 96.3 Å². The number of aliphatic hydroxyl groups excluding tert-OH is 11. The third-order valence-corrected chi connectivity index (χ3v) is 16.0. The highest BCUT2D eigenvalue weighted by Crippen LogP contribution is 2.33. The summed E-state index contributed by atoms with van der Waals surface area (Å²) in [7, 11) is 0. The van der Waals surface area contributed by atoms with E-state index in [9.17, 15) is 61.0 Å². The van der Waals surface area contributed by atoms with Gasteiger partial charge in [0.15, 0.2) is 18.9 Å². The molecule has 3 aliphatic rings. The van der Waals surface area contributed by atoms with Crippen molar-refractivity contribution in [3.63, 3.8) is 0 Å². The van der Waals surface area contributed by atoms with E-state index >= 15 is 0 Å². The molecular formula is C72H117NO18. The Labute approximate surface area is 543 Å². The molecule has 17 unspecified atom stereocenters. The molecule has 3 heterocycles. The minimum atomic E-state index is -1.98. The molecule has 0 aromatic carbocycles. The number of hydrogen-bond donors (Lipinski definition) is 12. The standard InChI is InChI=1S/C72H117NO18/c1-3-5-7-9-11-13-14-15-16-17-18-19-20-21-22-23-24-25-26-27-28-29-30-31-32-33-34-35-36-37-38-39-40-42-44-46-48-50-60(78)73-55(56(77)49-47-45-43-41-12-10-8-6-4-2)54-86-70-66(84)63(81)68(58(52-75)88-70)91-72-67(85)64(82)69(59(53-76)89-72)90-71-65(83)62(80)61(79)57(51-74)87-71/h5,7,11,13,15-16,18-19,21-22,24-25,27-28,30-31,33-34,36-37,39-40,55-59,61-72,74-77,79-85H,3-4,6,8-10,12,14,17,20,23,26,29,32,35,38,41-54H2,1-2H3,(H,73,78)/b7-5-,13-11-,16-15-,19-18-,22-21-,25-24-,28-27-,31-30-,34-33-,37-36-,40-39-. The summed E-state index contributed by atoms with van der Waals surface area (Å²) in [6, 6.07) is -0.913. The normalized spacial score (nSPS) is 28.7. The number of allylic oxidation sites excluding steroid dienone is 22. The van der Waals surface area contributed by atoms with Crippen LogP contribution in [0, 0.1) is 0 Å². The van der Waals surface area contributed by atoms with Crippen LogP contribution in [-0.4, -0.2) is 193 Å². The fourth-order valence-corrected chi connectivity index (χ4v) is 10.5. The Kier molecular flexibility index (Phi) is 46.6. The summed E-state index contributed by atoms with van der Waals surface area (Å²) in [5.41, 5.74) is 0. The van der Waals surface area contributed by atoms with E-state index in [2.05, 4.69) is 153 Å². The molecule has 518 valence electrons. The molecule has 19 nitrogen and oxygen atoms in total. The first-order valence-electron chi connectivity index (χ1n) is 33.9. The lowest BCUT2D eigenvalue weighted by molar-refractivity contribution is -0.379. The minimum absolute atomic E-state index is 0.216. The number of nitrogens with one attached hydrogen (secondary N) is 1. The summed E-state index contributed by atoms with van der Waals surface area (Å²) in [6.07, 6.45) is 45.7. The van der Waals surface area contributed by atoms with Crippen molar-refractivity contribution in [1.82, 2.24) is 5.32 Å². The van der Waals surface area contributed by atoms with Gasteiger partial charge in [-0.1, -0.05) is 212 Å². The molecule has 0 aliphatic carbocycles. The molecule has 0 radical (unpaired) electrons. The first-order valence-corrected chi connectivity index (χ1v) is 33.9. The van der Waals surface area contributed by atoms with Gasteiger partial charge in [-0.25, -0.2) is 0 Å². The number of aliphatic hydroxyl groups is 11. The number of ether oxygens (including phenoxy) is 6. The summed E-state index contributed by atoms with van der Waals surface area (Å²) in [4.78, 5) is 13.3. The van der Waals surface area contributed by atoms with Crippen LogP contribution in [-0.2, 0) is 33.2 Å². The molecule has 91 heavy (non-hydrogen) atoms. The molecule has 19 heteroatoms. The lowest BCUT2D eigenvalue weighted by Crippen LogP contribution is -2.66. The topological polar surface area (TPSA) is 307 Å². The van der Waals surface area contributed by atoms with Gasteiger partial charge in [-0.2, -0.15) is 0 Å². The number of carbonyl (C=O) groups excluding carboxylic acids is 1. The van der Waals surface area contributed by atoms with Crippen molar-refractivity contribution < 1.29 is 89.4 Å². The van der Waals surface area contributed by atoms with Gasteiger partial charge in [-0.15, -0.1) is 0 Å². The fourth-order valence-electron chi connectivity index (χ4n) is 10.5. The Balaban J connectivity index is 1.36. The summed E-state index contributed by atoms with van der Waals surface area (Å²) in [5, 5.41) is 120. The highest BCUT2D eigenvalue weighted by molar-refractivity contribution is 5.76. The molecule has 3 rings (SSSR count). The van der Waals surface area contributed by atoms with Gasteiger partial charge in [0.05, 0.1) is 38.6 Å². The molecule has 3 aliphatic heterocycles. The third kappa shape index (κ3) is 34.3. The van der Waals surface area contributed by atoms with Crippen LogP contribution in [0.4, 0.5) is 0 Å². The number of unbranched alkanes of at least 4 members (excludes halogenated alkanes) is 11. The Morgan fingerprint density at radius 1 is 0.407 bits per heavy atom. The average molecular weight is 1280 g/mol. The lowest BCUT2D eigenvalue weighted by Gasteiger charge is -2.48. The average Bonchev–Trinajstić information content (AvgIpc) is 0.826. The van der Waals surface area contributed by atoms with Crippen molar-refractivity contribution in [1.29, 1.82) is 0 Å². The van der Waals surface area contributed by atoms with Gasteiger partial charge >= 0.3 is 0 Å². The van der Waals surface area contributed by atoms with Crippen molar-refractivity contribution in [3.05, 3.63) is 134 Å². The van der Waals surface area contributed by atoms with E-state index in [1.54, 1.807) is 0 Å². The number of amides is 1. The van der Waals surface area contributed by atoms with Crippen molar-refractivity contribution in [3.8, 4) is 0 Å². The van der Waals surface area contributed by atoms with Crippen LogP contribution in [0.15, 0.2) is 134 Å². The highest BCUT2D eigenvalue weighted by atomic mass is 16.8. The largest absolute Gasteiger partial charge is 0.394 e. The number of rotatable bonds is 49. The van der Waals surface area contributed by atoms with Gasteiger partial charge in [-0.3, -0.25) is 4.79 Å². The predicted octanol–water partition coefficient (Wildman–Crippen LogP) is 8.60. The molecule has 1 amide bonds. The predicted molar refractivity (Wildman–Crippen MR) is 355 cm³/mol. The van der Waals surface area contributed by atoms with Gasteiger partial charge in [0.2, 0.25) is 5.91 Å². The molecule has 12 N–H and O–H groups in total. The summed E-state index contributed by atoms with van der Waals surface area (Å²) < 4.78 is 34.2. The first-order chi connectivity index (χ1) is 44.3. The van der Waals surface area contributed by atoms with Gasteiger partial charge < -0.3 is 89.9 Å². The summed E-state index contributed by atoms with van der Waals surface area (Å²) in [5.74, 6) is -0.284. The first kappa shape index (κ1) is 81.2. The van der Waals surface area contributed by atoms with E-state index in [4.69, 9.17) is 28.4 Å². The molecule has 17 atom stereocenters. The van der Waals surface area contributed by atoms with E-state index in [0.717, 1.165) is 116 Å². The molecule has 0 aromatic heterocycles. The summed E-state index contributed by atoms with van der Waals surface area (Å²) >= 11 is 0. The smallest absolute Gasteiger partial charge is 0.220 e. The molecule has 0 saturated carbocycles. The summed E-state index contributed by atoms with van der Waals surface area (Å²) in [6.45, 7) is 1.58. The monoisotopic (exact) mass is 1280 g/mol. The zero-order valence-corrected chi connectivity index (χ0v) is 54.5. The van der Waals surface area contributed by atoms with E-state index < -0.39 is 124 Å². The molecule has 0 aromatic rings. The van der Waals surface area contributed by atoms with E-state index in [1.165, 1.54) is 25.7 Å². The highest BCUT2D eigenvalue weighted by Gasteiger charge is 2.53. The van der Waals surface area contributed by atoms with Crippen LogP contribution in [0.1, 0.15) is 181 Å². The third-order valence-electron chi connectivity index (χ3n) is 16.0. The molecule has 0 spiro atoms. The van der Waals surface area contributed by atoms with Crippen LogP contribution < -0.4 is 5.32 Å². The maximum absolute atomic E-state index is 13.3. The van der Waals surface area contributed by atoms with E-state index in [1.807, 2.05) is 0 Å². The second kappa shape index (κ2) is 52.2. The quantitative estimate of drug-likeness (QED) is 0.0200. The van der Waals surface area contributed by atoms with Crippen molar-refractivity contribution in [2.45, 2.75) is 285 Å². The lowest BCUT2D eigenvalue weighted by atomic mass is 9.96. The molecular weight excluding hydrogens is 1170 g/mol. The Bertz CT molecular complexity index is 2170. The van der Waals surface area contributed by atoms with E-state index in [0.29, 0.717) is 19.3 Å². The minimum Gasteiger partial charge on any atom is -0.394 e. The maximum atomic E-state index is 13.3. The zero-order valence-electron chi connectivity index (χ0n) is 54.5. The van der Waals surface area contributed by atoms with Crippen molar-refractivity contribution >= 4 is 5.91 Å². The van der Waals surface area contributed by atoms with Gasteiger partial charge in [0.1, 0.15) is 73.2 Å². The van der Waals surface area contributed by atoms with Gasteiger partial charge in [0.25, 0.3) is 0 Å². The molecule has 0 bridgehead atoms. The second-order valence-corrected chi connectivity index (χ2v) is 23.6. The van der Waals surface area contributed by atoms with Crippen LogP contribution in [0.3, 0.4) is 0 Å². The maximum Gasteiger partial charge on any atom is 0.220 e. The second-order valence-electron chi connectivity index (χ2n) is 23.6. The number of carbonyl (C=O) groups is 1. The molecule has 3 fully saturated rings.